The minimum Gasteiger partial charge on any atom is -0.497 e. The summed E-state index contributed by atoms with van der Waals surface area (Å²) in [6, 6.07) is 9.39. The molecule has 2 aliphatic rings. The number of benzene rings is 1. The number of ether oxygens (including phenoxy) is 1. The molecule has 1 saturated heterocycles. The Morgan fingerprint density at radius 3 is 2.70 bits per heavy atom. The molecule has 1 atom stereocenters. The van der Waals surface area contributed by atoms with Crippen LogP contribution in [0.15, 0.2) is 36.5 Å². The SMILES string of the molecule is COc1ccc2c(c1)C(C1CCN(C)CC1)CN2C(=O)c1ccnc(Cl)c1. The zero-order valence-corrected chi connectivity index (χ0v) is 16.4. The molecule has 1 aromatic heterocycles. The minimum atomic E-state index is -0.0267. The summed E-state index contributed by atoms with van der Waals surface area (Å²) < 4.78 is 5.45. The molecule has 2 aliphatic heterocycles. The lowest BCUT2D eigenvalue weighted by atomic mass is 9.81. The molecule has 0 spiro atoms. The van der Waals surface area contributed by atoms with E-state index < -0.39 is 0 Å². The van der Waals surface area contributed by atoms with Crippen molar-refractivity contribution < 1.29 is 9.53 Å². The number of anilines is 1. The summed E-state index contributed by atoms with van der Waals surface area (Å²) in [6.45, 7) is 2.92. The number of methoxy groups -OCH3 is 1. The van der Waals surface area contributed by atoms with Gasteiger partial charge < -0.3 is 14.5 Å². The van der Waals surface area contributed by atoms with Crippen molar-refractivity contribution in [3.05, 3.63) is 52.8 Å². The topological polar surface area (TPSA) is 45.7 Å². The molecule has 27 heavy (non-hydrogen) atoms. The van der Waals surface area contributed by atoms with E-state index >= 15 is 0 Å². The fourth-order valence-corrected chi connectivity index (χ4v) is 4.49. The van der Waals surface area contributed by atoms with Gasteiger partial charge in [-0.3, -0.25) is 4.79 Å². The third-order valence-corrected chi connectivity index (χ3v) is 6.06. The van der Waals surface area contributed by atoms with Crippen molar-refractivity contribution in [2.45, 2.75) is 18.8 Å². The highest BCUT2D eigenvalue weighted by Gasteiger charge is 2.38. The first-order valence-electron chi connectivity index (χ1n) is 9.36. The Hall–Kier alpha value is -2.11. The number of aromatic nitrogens is 1. The molecule has 0 N–H and O–H groups in total. The Labute approximate surface area is 164 Å². The van der Waals surface area contributed by atoms with Crippen molar-refractivity contribution in [3.8, 4) is 5.75 Å². The van der Waals surface area contributed by atoms with E-state index in [0.29, 0.717) is 29.1 Å². The molecule has 6 heteroatoms. The van der Waals surface area contributed by atoms with Crippen LogP contribution in [0.1, 0.15) is 34.7 Å². The summed E-state index contributed by atoms with van der Waals surface area (Å²) in [4.78, 5) is 21.4. The van der Waals surface area contributed by atoms with Crippen LogP contribution < -0.4 is 9.64 Å². The lowest BCUT2D eigenvalue weighted by Crippen LogP contribution is -2.35. The van der Waals surface area contributed by atoms with E-state index in [1.165, 1.54) is 5.56 Å². The Bertz CT molecular complexity index is 849. The van der Waals surface area contributed by atoms with Gasteiger partial charge in [-0.15, -0.1) is 0 Å². The smallest absolute Gasteiger partial charge is 0.258 e. The van der Waals surface area contributed by atoms with Gasteiger partial charge in [-0.2, -0.15) is 0 Å². The number of pyridine rings is 1. The van der Waals surface area contributed by atoms with Crippen LogP contribution in [0.2, 0.25) is 5.15 Å². The van der Waals surface area contributed by atoms with Crippen LogP contribution in [-0.4, -0.2) is 49.6 Å². The molecule has 1 aromatic carbocycles. The van der Waals surface area contributed by atoms with Crippen LogP contribution >= 0.6 is 11.6 Å². The summed E-state index contributed by atoms with van der Waals surface area (Å²) in [5, 5.41) is 0.335. The molecule has 4 rings (SSSR count). The Morgan fingerprint density at radius 1 is 1.22 bits per heavy atom. The van der Waals surface area contributed by atoms with Crippen molar-refractivity contribution >= 4 is 23.2 Å². The molecule has 0 bridgehead atoms. The molecule has 1 fully saturated rings. The summed E-state index contributed by atoms with van der Waals surface area (Å²) in [5.74, 6) is 1.73. The molecule has 142 valence electrons. The maximum atomic E-state index is 13.2. The van der Waals surface area contributed by atoms with E-state index in [0.717, 1.165) is 37.4 Å². The summed E-state index contributed by atoms with van der Waals surface area (Å²) >= 11 is 6.00. The van der Waals surface area contributed by atoms with Gasteiger partial charge in [0.25, 0.3) is 5.91 Å². The second-order valence-corrected chi connectivity index (χ2v) is 7.84. The first-order chi connectivity index (χ1) is 13.1. The molecule has 0 saturated carbocycles. The molecule has 1 amide bonds. The number of amides is 1. The fraction of sp³-hybridized carbons (Fsp3) is 0.429. The van der Waals surface area contributed by atoms with E-state index in [2.05, 4.69) is 23.0 Å². The van der Waals surface area contributed by atoms with Crippen molar-refractivity contribution in [3.63, 3.8) is 0 Å². The van der Waals surface area contributed by atoms with E-state index in [1.54, 1.807) is 25.4 Å². The first kappa shape index (κ1) is 18.3. The number of fused-ring (bicyclic) bond motifs is 1. The third kappa shape index (κ3) is 3.54. The lowest BCUT2D eigenvalue weighted by molar-refractivity contribution is 0.0985. The quantitative estimate of drug-likeness (QED) is 0.753. The van der Waals surface area contributed by atoms with Gasteiger partial charge in [0.1, 0.15) is 10.9 Å². The molecular formula is C21H24ClN3O2. The average Bonchev–Trinajstić information content (AvgIpc) is 3.06. The van der Waals surface area contributed by atoms with E-state index in [4.69, 9.17) is 16.3 Å². The normalized spacial score (nSPS) is 20.6. The van der Waals surface area contributed by atoms with Crippen LogP contribution in [0, 0.1) is 5.92 Å². The number of hydrogen-bond donors (Lipinski definition) is 0. The predicted octanol–water partition coefficient (Wildman–Crippen LogP) is 3.83. The van der Waals surface area contributed by atoms with Crippen LogP contribution in [0.5, 0.6) is 5.75 Å². The van der Waals surface area contributed by atoms with Crippen molar-refractivity contribution in [2.24, 2.45) is 5.92 Å². The van der Waals surface area contributed by atoms with Crippen LogP contribution in [0.25, 0.3) is 0 Å². The summed E-state index contributed by atoms with van der Waals surface area (Å²) in [6.07, 6.45) is 3.89. The Morgan fingerprint density at radius 2 is 2.00 bits per heavy atom. The number of halogens is 1. The van der Waals surface area contributed by atoms with Gasteiger partial charge in [0.2, 0.25) is 0 Å². The number of hydrogen-bond acceptors (Lipinski definition) is 4. The monoisotopic (exact) mass is 385 g/mol. The maximum absolute atomic E-state index is 13.2. The van der Waals surface area contributed by atoms with Gasteiger partial charge in [0.05, 0.1) is 7.11 Å². The molecule has 5 nitrogen and oxygen atoms in total. The third-order valence-electron chi connectivity index (χ3n) is 5.86. The highest BCUT2D eigenvalue weighted by molar-refractivity contribution is 6.29. The fourth-order valence-electron chi connectivity index (χ4n) is 4.31. The van der Waals surface area contributed by atoms with E-state index in [-0.39, 0.29) is 5.91 Å². The predicted molar refractivity (Wildman–Crippen MR) is 107 cm³/mol. The maximum Gasteiger partial charge on any atom is 0.258 e. The molecule has 1 unspecified atom stereocenters. The van der Waals surface area contributed by atoms with Crippen LogP contribution in [0.4, 0.5) is 5.69 Å². The average molecular weight is 386 g/mol. The van der Waals surface area contributed by atoms with Gasteiger partial charge >= 0.3 is 0 Å². The molecule has 2 aromatic rings. The second kappa shape index (κ2) is 7.49. The van der Waals surface area contributed by atoms with Gasteiger partial charge in [-0.25, -0.2) is 4.98 Å². The van der Waals surface area contributed by atoms with Gasteiger partial charge in [0, 0.05) is 29.9 Å². The standard InChI is InChI=1S/C21H24ClN3O2/c1-24-9-6-14(7-10-24)18-13-25(19-4-3-16(27-2)12-17(18)19)21(26)15-5-8-23-20(22)11-15/h3-5,8,11-12,14,18H,6-7,9-10,13H2,1-2H3. The lowest BCUT2D eigenvalue weighted by Gasteiger charge is -2.33. The first-order valence-corrected chi connectivity index (χ1v) is 9.74. The Balaban J connectivity index is 1.68. The molecular weight excluding hydrogens is 362 g/mol. The van der Waals surface area contributed by atoms with E-state index in [9.17, 15) is 4.79 Å². The largest absolute Gasteiger partial charge is 0.497 e. The highest BCUT2D eigenvalue weighted by Crippen LogP contribution is 2.45. The van der Waals surface area contributed by atoms with E-state index in [1.807, 2.05) is 17.0 Å². The van der Waals surface area contributed by atoms with Gasteiger partial charge in [-0.05, 0) is 74.8 Å². The number of nitrogens with zero attached hydrogens (tertiary/aromatic N) is 3. The summed E-state index contributed by atoms with van der Waals surface area (Å²) in [7, 11) is 3.86. The van der Waals surface area contributed by atoms with Crippen LogP contribution in [0.3, 0.4) is 0 Å². The minimum absolute atomic E-state index is 0.0267. The number of piperidine rings is 1. The Kier molecular flexibility index (Phi) is 5.06. The number of carbonyl (C=O) groups is 1. The molecule has 0 radical (unpaired) electrons. The van der Waals surface area contributed by atoms with Crippen molar-refractivity contribution in [1.29, 1.82) is 0 Å². The molecule has 3 heterocycles. The number of rotatable bonds is 3. The van der Waals surface area contributed by atoms with Crippen molar-refractivity contribution in [2.75, 3.05) is 38.7 Å². The van der Waals surface area contributed by atoms with Gasteiger partial charge in [-0.1, -0.05) is 11.6 Å². The second-order valence-electron chi connectivity index (χ2n) is 7.45. The highest BCUT2D eigenvalue weighted by atomic mass is 35.5. The van der Waals surface area contributed by atoms with Crippen LogP contribution in [-0.2, 0) is 0 Å². The zero-order valence-electron chi connectivity index (χ0n) is 15.7. The van der Waals surface area contributed by atoms with Gasteiger partial charge in [0.15, 0.2) is 0 Å². The number of likely N-dealkylation sites (tertiary alicyclic amines) is 1. The zero-order chi connectivity index (χ0) is 19.0. The summed E-state index contributed by atoms with van der Waals surface area (Å²) in [5.41, 5.74) is 2.77. The number of carbonyl (C=O) groups excluding carboxylic acids is 1. The molecule has 0 aliphatic carbocycles. The van der Waals surface area contributed by atoms with Crippen molar-refractivity contribution in [1.82, 2.24) is 9.88 Å².